The van der Waals surface area contributed by atoms with E-state index in [0.717, 1.165) is 50.2 Å². The van der Waals surface area contributed by atoms with Gasteiger partial charge < -0.3 is 35.9 Å². The van der Waals surface area contributed by atoms with E-state index in [1.165, 1.54) is 0 Å². The number of esters is 1. The highest BCUT2D eigenvalue weighted by molar-refractivity contribution is 6.10. The van der Waals surface area contributed by atoms with Gasteiger partial charge in [-0.15, -0.1) is 0 Å². The molecule has 3 amide bonds. The maximum Gasteiger partial charge on any atom is 0.338 e. The molecular weight excluding hydrogens is 871 g/mol. The monoisotopic (exact) mass is 938 g/mol. The Morgan fingerprint density at radius 1 is 0.594 bits per heavy atom. The maximum atomic E-state index is 14.3. The van der Waals surface area contributed by atoms with Crippen LogP contribution in [-0.4, -0.2) is 74.1 Å². The number of amides is 3. The van der Waals surface area contributed by atoms with Crippen LogP contribution in [0.2, 0.25) is 0 Å². The van der Waals surface area contributed by atoms with E-state index < -0.39 is 48.4 Å². The second kappa shape index (κ2) is 26.2. The van der Waals surface area contributed by atoms with Gasteiger partial charge in [0.05, 0.1) is 19.7 Å². The summed E-state index contributed by atoms with van der Waals surface area (Å²) in [5.41, 5.74) is 18.5. The van der Waals surface area contributed by atoms with E-state index in [9.17, 15) is 19.2 Å². The number of fused-ring (bicyclic) bond motifs is 2. The van der Waals surface area contributed by atoms with Crippen molar-refractivity contribution in [1.29, 1.82) is 0 Å². The third-order valence-corrected chi connectivity index (χ3v) is 11.7. The van der Waals surface area contributed by atoms with Crippen LogP contribution in [0.4, 0.5) is 0 Å². The summed E-state index contributed by atoms with van der Waals surface area (Å²) in [7, 11) is 0. The highest BCUT2D eigenvalue weighted by atomic mass is 16.5. The zero-order valence-electron chi connectivity index (χ0n) is 39.7. The van der Waals surface area contributed by atoms with Crippen LogP contribution >= 0.6 is 0 Å². The third kappa shape index (κ3) is 15.3. The van der Waals surface area contributed by atoms with Crippen molar-refractivity contribution in [3.63, 3.8) is 0 Å². The molecule has 0 radical (unpaired) electrons. The number of carbonyl (C=O) groups is 4. The number of hydrogen-bond donors (Lipinski definition) is 7. The minimum atomic E-state index is -1.11. The average Bonchev–Trinajstić information content (AvgIpc) is 3.35. The Balaban J connectivity index is 1.23. The summed E-state index contributed by atoms with van der Waals surface area (Å²) < 4.78 is 18.6. The molecule has 362 valence electrons. The molecular formula is C55H67N7O7+2. The Hall–Kier alpha value is -7.45. The normalized spacial score (nSPS) is 12.4. The van der Waals surface area contributed by atoms with Crippen molar-refractivity contribution in [3.05, 3.63) is 145 Å². The molecule has 6 aromatic carbocycles. The molecule has 69 heavy (non-hydrogen) atoms. The lowest BCUT2D eigenvalue weighted by Gasteiger charge is -2.25. The fourth-order valence-electron chi connectivity index (χ4n) is 8.06. The standard InChI is InChI=1S/C55H65N7O7/c1-37(2)30-33-67-47-28-26-40-20-9-11-22-42(40)50(47)51-43-23-12-10-21-41(43)27-29-48(51)68-36-49(63)60-44(24-13-14-31-56)52(64)61-45(25-15-32-59-55(57)58)53(65)62-46(34-38-16-5-3-6-17-38)54(66)69-35-39-18-7-4-8-19-39/h3-12,16-23,26-29,37,44-46H,13-15,24-25,30-36,56H2,1-2H3,(H,60,63)(H,61,64)(H,62,65)(H4,57,58,59)/p+2/t44-,45-,46+/m1/s1. The Bertz CT molecular complexity index is 2660. The van der Waals surface area contributed by atoms with Crippen LogP contribution in [0.15, 0.2) is 133 Å². The minimum Gasteiger partial charge on any atom is -0.493 e. The van der Waals surface area contributed by atoms with Crippen molar-refractivity contribution in [3.8, 4) is 22.6 Å². The fraction of sp³-hybridized carbons (Fsp3) is 0.327. The molecule has 0 bridgehead atoms. The molecule has 3 atom stereocenters. The summed E-state index contributed by atoms with van der Waals surface area (Å²) in [5, 5.41) is 12.6. The zero-order chi connectivity index (χ0) is 49.0. The quantitative estimate of drug-likeness (QED) is 0.0176. The first kappa shape index (κ1) is 51.0. The number of carbonyl (C=O) groups excluding carboxylic acids is 4. The molecule has 0 saturated carbocycles. The van der Waals surface area contributed by atoms with Gasteiger partial charge in [0.2, 0.25) is 11.8 Å². The highest BCUT2D eigenvalue weighted by Gasteiger charge is 2.31. The van der Waals surface area contributed by atoms with E-state index in [1.807, 2.05) is 121 Å². The second-order valence-electron chi connectivity index (χ2n) is 17.5. The lowest BCUT2D eigenvalue weighted by atomic mass is 9.92. The van der Waals surface area contributed by atoms with Gasteiger partial charge in [0, 0.05) is 17.5 Å². The van der Waals surface area contributed by atoms with Gasteiger partial charge in [-0.25, -0.2) is 4.79 Å². The van der Waals surface area contributed by atoms with E-state index in [-0.39, 0.29) is 31.8 Å². The summed E-state index contributed by atoms with van der Waals surface area (Å²) in [6.07, 6.45) is 3.12. The second-order valence-corrected chi connectivity index (χ2v) is 17.5. The first-order chi connectivity index (χ1) is 33.5. The van der Waals surface area contributed by atoms with Gasteiger partial charge >= 0.3 is 11.9 Å². The average molecular weight is 938 g/mol. The smallest absolute Gasteiger partial charge is 0.338 e. The molecule has 0 saturated heterocycles. The number of nitrogens with two attached hydrogens (primary N) is 2. The molecule has 0 aliphatic rings. The predicted molar refractivity (Wildman–Crippen MR) is 270 cm³/mol. The van der Waals surface area contributed by atoms with Crippen molar-refractivity contribution in [2.75, 3.05) is 26.3 Å². The number of hydrogen-bond acceptors (Lipinski definition) is 7. The lowest BCUT2D eigenvalue weighted by molar-refractivity contribution is -0.459. The third-order valence-electron chi connectivity index (χ3n) is 11.7. The minimum absolute atomic E-state index is 0.0152. The van der Waals surface area contributed by atoms with Crippen LogP contribution in [0.5, 0.6) is 11.5 Å². The van der Waals surface area contributed by atoms with Gasteiger partial charge in [0.15, 0.2) is 6.61 Å². The van der Waals surface area contributed by atoms with Crippen molar-refractivity contribution in [2.45, 2.75) is 83.5 Å². The largest absolute Gasteiger partial charge is 0.493 e. The molecule has 14 nitrogen and oxygen atoms in total. The molecule has 11 N–H and O–H groups in total. The molecule has 6 rings (SSSR count). The first-order valence-electron chi connectivity index (χ1n) is 23.9. The lowest BCUT2D eigenvalue weighted by Crippen LogP contribution is -2.78. The number of guanidine groups is 1. The number of unbranched alkanes of at least 4 members (excludes halogenated alkanes) is 1. The summed E-state index contributed by atoms with van der Waals surface area (Å²) in [4.78, 5) is 59.1. The van der Waals surface area contributed by atoms with E-state index in [1.54, 1.807) is 0 Å². The van der Waals surface area contributed by atoms with Gasteiger partial charge in [-0.3, -0.25) is 30.8 Å². The van der Waals surface area contributed by atoms with E-state index in [0.29, 0.717) is 56.4 Å². The molecule has 0 aliphatic heterocycles. The number of rotatable bonds is 26. The van der Waals surface area contributed by atoms with Crippen molar-refractivity contribution < 1.29 is 44.1 Å². The van der Waals surface area contributed by atoms with Crippen LogP contribution in [0.3, 0.4) is 0 Å². The van der Waals surface area contributed by atoms with Gasteiger partial charge in [-0.2, -0.15) is 0 Å². The summed E-state index contributed by atoms with van der Waals surface area (Å²) >= 11 is 0. The Morgan fingerprint density at radius 3 is 1.72 bits per heavy atom. The Morgan fingerprint density at radius 2 is 1.13 bits per heavy atom. The molecule has 0 spiro atoms. The van der Waals surface area contributed by atoms with Gasteiger partial charge in [-0.05, 0) is 89.2 Å². The zero-order valence-corrected chi connectivity index (χ0v) is 39.7. The SMILES string of the molecule is CC(C)CCOc1ccc2ccccc2c1-c1c(OCC(=O)N[C@H](CCCC[NH3+])C(=O)N[C@H](CCC[NH+]=C(N)N)C(=O)N[C@@H](Cc2ccccc2)C(=O)OCc2ccccc2)ccc2ccccc12. The summed E-state index contributed by atoms with van der Waals surface area (Å²) in [6.45, 7) is 5.41. The van der Waals surface area contributed by atoms with Gasteiger partial charge in [0.25, 0.3) is 5.91 Å². The molecule has 0 heterocycles. The van der Waals surface area contributed by atoms with E-state index in [2.05, 4.69) is 52.7 Å². The van der Waals surface area contributed by atoms with Crippen LogP contribution in [-0.2, 0) is 36.9 Å². The highest BCUT2D eigenvalue weighted by Crippen LogP contribution is 2.45. The molecule has 0 aromatic heterocycles. The van der Waals surface area contributed by atoms with Crippen LogP contribution < -0.4 is 47.6 Å². The van der Waals surface area contributed by atoms with Crippen molar-refractivity contribution in [2.24, 2.45) is 17.4 Å². The number of ether oxygens (including phenoxy) is 3. The van der Waals surface area contributed by atoms with Gasteiger partial charge in [0.1, 0.15) is 36.2 Å². The number of quaternary nitrogens is 1. The summed E-state index contributed by atoms with van der Waals surface area (Å²) in [5.74, 6) is -0.676. The van der Waals surface area contributed by atoms with Crippen LogP contribution in [0, 0.1) is 5.92 Å². The molecule has 0 aliphatic carbocycles. The predicted octanol–water partition coefficient (Wildman–Crippen LogP) is 4.45. The fourth-order valence-corrected chi connectivity index (χ4v) is 8.06. The van der Waals surface area contributed by atoms with Crippen molar-refractivity contribution >= 4 is 51.2 Å². The molecule has 0 fully saturated rings. The van der Waals surface area contributed by atoms with Crippen LogP contribution in [0.25, 0.3) is 32.7 Å². The van der Waals surface area contributed by atoms with Crippen LogP contribution in [0.1, 0.15) is 63.5 Å². The van der Waals surface area contributed by atoms with Crippen molar-refractivity contribution in [1.82, 2.24) is 16.0 Å². The van der Waals surface area contributed by atoms with E-state index >= 15 is 0 Å². The van der Waals surface area contributed by atoms with Gasteiger partial charge in [-0.1, -0.05) is 135 Å². The van der Waals surface area contributed by atoms with E-state index in [4.69, 9.17) is 25.7 Å². The maximum absolute atomic E-state index is 14.3. The number of benzene rings is 6. The Kier molecular flexibility index (Phi) is 19.3. The topological polar surface area (TPSA) is 226 Å². The molecule has 6 aromatic rings. The molecule has 0 unspecified atom stereocenters. The first-order valence-corrected chi connectivity index (χ1v) is 23.9. The Labute approximate surface area is 404 Å². The summed E-state index contributed by atoms with van der Waals surface area (Å²) in [6, 6.07) is 39.3. The number of nitrogens with one attached hydrogen (secondary N) is 4. The molecule has 14 heteroatoms.